The van der Waals surface area contributed by atoms with Gasteiger partial charge in [-0.2, -0.15) is 0 Å². The van der Waals surface area contributed by atoms with Crippen LogP contribution in [0.3, 0.4) is 0 Å². The van der Waals surface area contributed by atoms with Gasteiger partial charge in [0.15, 0.2) is 5.96 Å². The summed E-state index contributed by atoms with van der Waals surface area (Å²) in [6.45, 7) is 4.12. The molecule has 1 aromatic rings. The smallest absolute Gasteiger partial charge is 0.191 e. The highest BCUT2D eigenvalue weighted by Crippen LogP contribution is 1.91. The van der Waals surface area contributed by atoms with Crippen LogP contribution in [0.15, 0.2) is 29.4 Å². The fourth-order valence-corrected chi connectivity index (χ4v) is 1.62. The van der Waals surface area contributed by atoms with Gasteiger partial charge < -0.3 is 20.3 Å². The zero-order valence-corrected chi connectivity index (χ0v) is 12.6. The first-order valence-electron chi connectivity index (χ1n) is 6.78. The summed E-state index contributed by atoms with van der Waals surface area (Å²) in [7, 11) is 5.56. The maximum atomic E-state index is 5.04. The van der Waals surface area contributed by atoms with Gasteiger partial charge in [-0.3, -0.25) is 9.98 Å². The van der Waals surface area contributed by atoms with E-state index in [4.69, 9.17) is 4.74 Å². The molecule has 0 amide bonds. The van der Waals surface area contributed by atoms with Gasteiger partial charge in [0, 0.05) is 40.0 Å². The van der Waals surface area contributed by atoms with Crippen molar-refractivity contribution in [2.45, 2.75) is 6.54 Å². The number of likely N-dealkylation sites (N-methyl/N-ethyl adjacent to an activating group) is 1. The van der Waals surface area contributed by atoms with Crippen molar-refractivity contribution in [1.29, 1.82) is 0 Å². The molecule has 0 radical (unpaired) electrons. The van der Waals surface area contributed by atoms with Crippen molar-refractivity contribution in [3.05, 3.63) is 30.1 Å². The standard InChI is InChI=1S/C14H25N5O/c1-15-14(17-8-9-19(2)10-11-20-3)18-12-13-6-4-5-7-16-13/h4-7H,8-12H2,1-3H3,(H2,15,17,18). The van der Waals surface area contributed by atoms with Gasteiger partial charge >= 0.3 is 0 Å². The van der Waals surface area contributed by atoms with E-state index in [2.05, 4.69) is 32.6 Å². The van der Waals surface area contributed by atoms with Crippen LogP contribution < -0.4 is 10.6 Å². The average Bonchev–Trinajstić information content (AvgIpc) is 2.49. The number of nitrogens with one attached hydrogen (secondary N) is 2. The summed E-state index contributed by atoms with van der Waals surface area (Å²) in [5.74, 6) is 0.788. The Morgan fingerprint density at radius 1 is 1.35 bits per heavy atom. The second-order valence-corrected chi connectivity index (χ2v) is 4.47. The monoisotopic (exact) mass is 279 g/mol. The quantitative estimate of drug-likeness (QED) is 0.530. The van der Waals surface area contributed by atoms with E-state index in [1.807, 2.05) is 18.2 Å². The molecule has 0 aliphatic heterocycles. The third kappa shape index (κ3) is 7.06. The molecule has 0 bridgehead atoms. The number of hydrogen-bond donors (Lipinski definition) is 2. The summed E-state index contributed by atoms with van der Waals surface area (Å²) in [6, 6.07) is 5.87. The molecule has 0 aliphatic carbocycles. The average molecular weight is 279 g/mol. The van der Waals surface area contributed by atoms with E-state index in [9.17, 15) is 0 Å². The number of pyridine rings is 1. The molecule has 6 heteroatoms. The molecule has 0 spiro atoms. The first kappa shape index (κ1) is 16.4. The minimum Gasteiger partial charge on any atom is -0.383 e. The molecule has 1 rings (SSSR count). The molecular weight excluding hydrogens is 254 g/mol. The third-order valence-corrected chi connectivity index (χ3v) is 2.85. The van der Waals surface area contributed by atoms with Gasteiger partial charge in [-0.15, -0.1) is 0 Å². The molecule has 0 fully saturated rings. The fourth-order valence-electron chi connectivity index (χ4n) is 1.62. The van der Waals surface area contributed by atoms with E-state index in [1.54, 1.807) is 20.4 Å². The van der Waals surface area contributed by atoms with Crippen LogP contribution in [0.4, 0.5) is 0 Å². The Labute approximate surface area is 121 Å². The van der Waals surface area contributed by atoms with E-state index in [0.717, 1.165) is 37.9 Å². The number of aromatic nitrogens is 1. The normalized spacial score (nSPS) is 11.7. The lowest BCUT2D eigenvalue weighted by Crippen LogP contribution is -2.41. The molecule has 0 aliphatic rings. The van der Waals surface area contributed by atoms with Crippen LogP contribution in [0.5, 0.6) is 0 Å². The van der Waals surface area contributed by atoms with Gasteiger partial charge in [0.1, 0.15) is 0 Å². The van der Waals surface area contributed by atoms with E-state index in [1.165, 1.54) is 0 Å². The number of hydrogen-bond acceptors (Lipinski definition) is 4. The molecule has 112 valence electrons. The Hall–Kier alpha value is -1.66. The maximum absolute atomic E-state index is 5.04. The minimum atomic E-state index is 0.667. The van der Waals surface area contributed by atoms with Crippen molar-refractivity contribution < 1.29 is 4.74 Å². The van der Waals surface area contributed by atoms with Gasteiger partial charge in [-0.1, -0.05) is 6.07 Å². The number of methoxy groups -OCH3 is 1. The highest BCUT2D eigenvalue weighted by Gasteiger charge is 2.00. The fraction of sp³-hybridized carbons (Fsp3) is 0.571. The molecule has 2 N–H and O–H groups in total. The molecule has 1 aromatic heterocycles. The van der Waals surface area contributed by atoms with Crippen LogP contribution in [-0.2, 0) is 11.3 Å². The molecule has 0 saturated carbocycles. The van der Waals surface area contributed by atoms with Crippen LogP contribution in [0.2, 0.25) is 0 Å². The van der Waals surface area contributed by atoms with E-state index in [-0.39, 0.29) is 0 Å². The Kier molecular flexibility index (Phi) is 8.33. The lowest BCUT2D eigenvalue weighted by atomic mass is 10.3. The molecule has 0 saturated heterocycles. The van der Waals surface area contributed by atoms with Crippen LogP contribution >= 0.6 is 0 Å². The number of guanidine groups is 1. The summed E-state index contributed by atoms with van der Waals surface area (Å²) >= 11 is 0. The Balaban J connectivity index is 2.20. The highest BCUT2D eigenvalue weighted by atomic mass is 16.5. The second-order valence-electron chi connectivity index (χ2n) is 4.47. The first-order chi connectivity index (χ1) is 9.76. The summed E-state index contributed by atoms with van der Waals surface area (Å²) in [5.41, 5.74) is 0.993. The summed E-state index contributed by atoms with van der Waals surface area (Å²) in [5, 5.41) is 6.51. The molecule has 0 aromatic carbocycles. The van der Waals surface area contributed by atoms with Gasteiger partial charge in [0.2, 0.25) is 0 Å². The summed E-state index contributed by atoms with van der Waals surface area (Å²) in [4.78, 5) is 10.7. The van der Waals surface area contributed by atoms with E-state index >= 15 is 0 Å². The molecule has 20 heavy (non-hydrogen) atoms. The van der Waals surface area contributed by atoms with Crippen molar-refractivity contribution in [1.82, 2.24) is 20.5 Å². The van der Waals surface area contributed by atoms with Gasteiger partial charge in [0.05, 0.1) is 18.8 Å². The van der Waals surface area contributed by atoms with Gasteiger partial charge in [-0.25, -0.2) is 0 Å². The van der Waals surface area contributed by atoms with Crippen molar-refractivity contribution in [3.8, 4) is 0 Å². The number of ether oxygens (including phenoxy) is 1. The highest BCUT2D eigenvalue weighted by molar-refractivity contribution is 5.79. The largest absolute Gasteiger partial charge is 0.383 e. The molecule has 0 atom stereocenters. The summed E-state index contributed by atoms with van der Waals surface area (Å²) in [6.07, 6.45) is 1.79. The zero-order chi connectivity index (χ0) is 14.6. The number of aliphatic imine (C=N–C) groups is 1. The molecule has 1 heterocycles. The Morgan fingerprint density at radius 3 is 2.85 bits per heavy atom. The van der Waals surface area contributed by atoms with Crippen molar-refractivity contribution >= 4 is 5.96 Å². The summed E-state index contributed by atoms with van der Waals surface area (Å²) < 4.78 is 5.04. The second kappa shape index (κ2) is 10.2. The lowest BCUT2D eigenvalue weighted by Gasteiger charge is -2.17. The third-order valence-electron chi connectivity index (χ3n) is 2.85. The van der Waals surface area contributed by atoms with Crippen molar-refractivity contribution in [2.75, 3.05) is 47.4 Å². The number of nitrogens with zero attached hydrogens (tertiary/aromatic N) is 3. The molecule has 6 nitrogen and oxygen atoms in total. The Morgan fingerprint density at radius 2 is 2.20 bits per heavy atom. The molecular formula is C14H25N5O. The minimum absolute atomic E-state index is 0.667. The molecule has 0 unspecified atom stereocenters. The van der Waals surface area contributed by atoms with E-state index in [0.29, 0.717) is 6.54 Å². The number of rotatable bonds is 8. The topological polar surface area (TPSA) is 61.8 Å². The first-order valence-corrected chi connectivity index (χ1v) is 6.78. The van der Waals surface area contributed by atoms with Crippen molar-refractivity contribution in [3.63, 3.8) is 0 Å². The van der Waals surface area contributed by atoms with Crippen LogP contribution in [0, 0.1) is 0 Å². The van der Waals surface area contributed by atoms with Crippen molar-refractivity contribution in [2.24, 2.45) is 4.99 Å². The van der Waals surface area contributed by atoms with Gasteiger partial charge in [0.25, 0.3) is 0 Å². The Bertz CT molecular complexity index is 382. The predicted molar refractivity (Wildman–Crippen MR) is 81.8 cm³/mol. The van der Waals surface area contributed by atoms with Crippen LogP contribution in [0.1, 0.15) is 5.69 Å². The maximum Gasteiger partial charge on any atom is 0.191 e. The lowest BCUT2D eigenvalue weighted by molar-refractivity contribution is 0.162. The van der Waals surface area contributed by atoms with E-state index < -0.39 is 0 Å². The van der Waals surface area contributed by atoms with Crippen LogP contribution in [-0.4, -0.2) is 63.3 Å². The predicted octanol–water partition coefficient (Wildman–Crippen LogP) is 0.325. The zero-order valence-electron chi connectivity index (χ0n) is 12.6. The van der Waals surface area contributed by atoms with Gasteiger partial charge in [-0.05, 0) is 19.2 Å². The SMILES string of the molecule is CN=C(NCCN(C)CCOC)NCc1ccccn1. The van der Waals surface area contributed by atoms with Crippen LogP contribution in [0.25, 0.3) is 0 Å².